The summed E-state index contributed by atoms with van der Waals surface area (Å²) in [6, 6.07) is 10.4. The molecule has 5 nitrogen and oxygen atoms in total. The van der Waals surface area contributed by atoms with Gasteiger partial charge < -0.3 is 4.74 Å². The molecule has 0 amide bonds. The van der Waals surface area contributed by atoms with Crippen LogP contribution in [0.15, 0.2) is 42.6 Å². The molecule has 0 fully saturated rings. The molecule has 24 heavy (non-hydrogen) atoms. The fourth-order valence-electron chi connectivity index (χ4n) is 2.42. The normalized spacial score (nSPS) is 10.7. The average molecular weight is 362 g/mol. The number of nitrogens with zero attached hydrogens (tertiary/aromatic N) is 3. The standard InChI is InChI=1S/C17H13Cl2N3O2/c1-22-15(11-6-5-10(18)8-13(11)19)9-14(21-22)16-12(17(23)24-2)4-3-7-20-16/h3-9H,1-2H3. The Kier molecular flexibility index (Phi) is 4.55. The number of benzene rings is 1. The molecule has 0 N–H and O–H groups in total. The summed E-state index contributed by atoms with van der Waals surface area (Å²) in [4.78, 5) is 16.2. The molecule has 0 atom stereocenters. The summed E-state index contributed by atoms with van der Waals surface area (Å²) in [5.41, 5.74) is 2.94. The summed E-state index contributed by atoms with van der Waals surface area (Å²) in [5.74, 6) is -0.463. The number of hydrogen-bond acceptors (Lipinski definition) is 4. The first-order valence-corrected chi connectivity index (χ1v) is 7.80. The Hall–Kier alpha value is -2.37. The van der Waals surface area contributed by atoms with E-state index in [0.717, 1.165) is 11.3 Å². The number of hydrogen-bond donors (Lipinski definition) is 0. The Morgan fingerprint density at radius 3 is 2.71 bits per heavy atom. The number of pyridine rings is 1. The highest BCUT2D eigenvalue weighted by atomic mass is 35.5. The summed E-state index contributed by atoms with van der Waals surface area (Å²) >= 11 is 12.2. The summed E-state index contributed by atoms with van der Waals surface area (Å²) in [5, 5.41) is 5.53. The molecule has 1 aromatic carbocycles. The minimum atomic E-state index is -0.463. The zero-order valence-electron chi connectivity index (χ0n) is 13.0. The summed E-state index contributed by atoms with van der Waals surface area (Å²) in [6.07, 6.45) is 1.60. The van der Waals surface area contributed by atoms with E-state index in [1.165, 1.54) is 7.11 Å². The van der Waals surface area contributed by atoms with Crippen molar-refractivity contribution < 1.29 is 9.53 Å². The topological polar surface area (TPSA) is 57.0 Å². The molecule has 0 aliphatic carbocycles. The smallest absolute Gasteiger partial charge is 0.340 e. The third kappa shape index (κ3) is 3.00. The fourth-order valence-corrected chi connectivity index (χ4v) is 2.92. The Balaban J connectivity index is 2.12. The first-order chi connectivity index (χ1) is 11.5. The van der Waals surface area contributed by atoms with Crippen LogP contribution in [0.1, 0.15) is 10.4 Å². The van der Waals surface area contributed by atoms with E-state index in [9.17, 15) is 4.79 Å². The Morgan fingerprint density at radius 2 is 2.00 bits per heavy atom. The van der Waals surface area contributed by atoms with Crippen molar-refractivity contribution in [2.24, 2.45) is 7.05 Å². The van der Waals surface area contributed by atoms with Gasteiger partial charge in [0.2, 0.25) is 0 Å². The van der Waals surface area contributed by atoms with Crippen molar-refractivity contribution in [3.05, 3.63) is 58.2 Å². The van der Waals surface area contributed by atoms with Crippen molar-refractivity contribution in [1.82, 2.24) is 14.8 Å². The third-order valence-electron chi connectivity index (χ3n) is 3.54. The largest absolute Gasteiger partial charge is 0.465 e. The van der Waals surface area contributed by atoms with Crippen LogP contribution in [-0.4, -0.2) is 27.8 Å². The Labute approximate surface area is 148 Å². The molecule has 0 saturated carbocycles. The van der Waals surface area contributed by atoms with Gasteiger partial charge in [-0.05, 0) is 36.4 Å². The van der Waals surface area contributed by atoms with E-state index < -0.39 is 5.97 Å². The zero-order valence-corrected chi connectivity index (χ0v) is 14.5. The molecule has 3 rings (SSSR count). The average Bonchev–Trinajstić information content (AvgIpc) is 2.95. The predicted molar refractivity (Wildman–Crippen MR) is 93.2 cm³/mol. The van der Waals surface area contributed by atoms with Gasteiger partial charge in [0.05, 0.1) is 23.4 Å². The molecular weight excluding hydrogens is 349 g/mol. The van der Waals surface area contributed by atoms with E-state index in [0.29, 0.717) is 27.0 Å². The highest BCUT2D eigenvalue weighted by Gasteiger charge is 2.19. The fraction of sp³-hybridized carbons (Fsp3) is 0.118. The van der Waals surface area contributed by atoms with Crippen LogP contribution < -0.4 is 0 Å². The van der Waals surface area contributed by atoms with Gasteiger partial charge in [0.1, 0.15) is 11.4 Å². The van der Waals surface area contributed by atoms with Crippen LogP contribution in [0.5, 0.6) is 0 Å². The lowest BCUT2D eigenvalue weighted by atomic mass is 10.1. The molecule has 7 heteroatoms. The van der Waals surface area contributed by atoms with E-state index in [1.54, 1.807) is 42.2 Å². The van der Waals surface area contributed by atoms with Gasteiger partial charge in [-0.1, -0.05) is 23.2 Å². The van der Waals surface area contributed by atoms with E-state index in [-0.39, 0.29) is 0 Å². The summed E-state index contributed by atoms with van der Waals surface area (Å²) < 4.78 is 6.48. The van der Waals surface area contributed by atoms with Crippen LogP contribution in [0.2, 0.25) is 10.0 Å². The van der Waals surface area contributed by atoms with Gasteiger partial charge in [0.15, 0.2) is 0 Å². The van der Waals surface area contributed by atoms with Crippen molar-refractivity contribution in [2.45, 2.75) is 0 Å². The van der Waals surface area contributed by atoms with Crippen molar-refractivity contribution in [3.63, 3.8) is 0 Å². The predicted octanol–water partition coefficient (Wildman–Crippen LogP) is 4.24. The van der Waals surface area contributed by atoms with Crippen molar-refractivity contribution in [2.75, 3.05) is 7.11 Å². The minimum absolute atomic E-state index is 0.354. The van der Waals surface area contributed by atoms with Gasteiger partial charge >= 0.3 is 5.97 Å². The van der Waals surface area contributed by atoms with Crippen LogP contribution >= 0.6 is 23.2 Å². The van der Waals surface area contributed by atoms with Gasteiger partial charge in [0.25, 0.3) is 0 Å². The Morgan fingerprint density at radius 1 is 1.21 bits per heavy atom. The summed E-state index contributed by atoms with van der Waals surface area (Å²) in [6.45, 7) is 0. The van der Waals surface area contributed by atoms with Crippen molar-refractivity contribution >= 4 is 29.2 Å². The SMILES string of the molecule is COC(=O)c1cccnc1-c1cc(-c2ccc(Cl)cc2Cl)n(C)n1. The first-order valence-electron chi connectivity index (χ1n) is 7.04. The zero-order chi connectivity index (χ0) is 17.3. The number of carbonyl (C=O) groups is 1. The lowest BCUT2D eigenvalue weighted by molar-refractivity contribution is 0.0601. The number of aryl methyl sites for hydroxylation is 1. The molecule has 0 saturated heterocycles. The molecule has 0 radical (unpaired) electrons. The van der Waals surface area contributed by atoms with E-state index in [2.05, 4.69) is 10.1 Å². The maximum Gasteiger partial charge on any atom is 0.340 e. The van der Waals surface area contributed by atoms with Gasteiger partial charge in [0, 0.05) is 23.8 Å². The van der Waals surface area contributed by atoms with Gasteiger partial charge in [-0.25, -0.2) is 4.79 Å². The second-order valence-corrected chi connectivity index (χ2v) is 5.90. The molecule has 2 aromatic heterocycles. The number of esters is 1. The van der Waals surface area contributed by atoms with Gasteiger partial charge in [-0.2, -0.15) is 5.10 Å². The first kappa shape index (κ1) is 16.5. The van der Waals surface area contributed by atoms with Crippen molar-refractivity contribution in [1.29, 1.82) is 0 Å². The molecular formula is C17H13Cl2N3O2. The Bertz CT molecular complexity index is 922. The van der Waals surface area contributed by atoms with Crippen LogP contribution in [0.3, 0.4) is 0 Å². The van der Waals surface area contributed by atoms with Crippen LogP contribution in [0, 0.1) is 0 Å². The van der Waals surface area contributed by atoms with Crippen LogP contribution in [0.4, 0.5) is 0 Å². The summed E-state index contributed by atoms with van der Waals surface area (Å²) in [7, 11) is 3.13. The number of rotatable bonds is 3. The van der Waals surface area contributed by atoms with Crippen LogP contribution in [-0.2, 0) is 11.8 Å². The van der Waals surface area contributed by atoms with Gasteiger partial charge in [-0.15, -0.1) is 0 Å². The highest BCUT2D eigenvalue weighted by molar-refractivity contribution is 6.36. The number of methoxy groups -OCH3 is 1. The minimum Gasteiger partial charge on any atom is -0.465 e. The second kappa shape index (κ2) is 6.63. The van der Waals surface area contributed by atoms with Crippen molar-refractivity contribution in [3.8, 4) is 22.6 Å². The van der Waals surface area contributed by atoms with E-state index in [1.807, 2.05) is 12.1 Å². The van der Waals surface area contributed by atoms with Gasteiger partial charge in [-0.3, -0.25) is 9.67 Å². The molecule has 0 unspecified atom stereocenters. The quantitative estimate of drug-likeness (QED) is 0.654. The number of halogens is 2. The molecule has 0 aliphatic rings. The highest BCUT2D eigenvalue weighted by Crippen LogP contribution is 2.32. The molecule has 0 aliphatic heterocycles. The molecule has 2 heterocycles. The number of ether oxygens (including phenoxy) is 1. The van der Waals surface area contributed by atoms with Crippen LogP contribution in [0.25, 0.3) is 22.6 Å². The molecule has 3 aromatic rings. The number of carbonyl (C=O) groups excluding carboxylic acids is 1. The number of aromatic nitrogens is 3. The maximum atomic E-state index is 11.9. The lowest BCUT2D eigenvalue weighted by Gasteiger charge is -2.04. The lowest BCUT2D eigenvalue weighted by Crippen LogP contribution is -2.05. The van der Waals surface area contributed by atoms with E-state index >= 15 is 0 Å². The molecule has 122 valence electrons. The second-order valence-electron chi connectivity index (χ2n) is 5.05. The maximum absolute atomic E-state index is 11.9. The molecule has 0 bridgehead atoms. The van der Waals surface area contributed by atoms with E-state index in [4.69, 9.17) is 27.9 Å². The third-order valence-corrected chi connectivity index (χ3v) is 4.09. The monoisotopic (exact) mass is 361 g/mol. The molecule has 0 spiro atoms.